The quantitative estimate of drug-likeness (QED) is 0.792. The molecule has 7 nitrogen and oxygen atoms in total. The van der Waals surface area contributed by atoms with E-state index >= 15 is 0 Å². The van der Waals surface area contributed by atoms with Crippen molar-refractivity contribution >= 4 is 17.7 Å². The van der Waals surface area contributed by atoms with Gasteiger partial charge in [0.1, 0.15) is 11.7 Å². The molecule has 2 atom stereocenters. The molecule has 0 saturated heterocycles. The number of hydrogen-bond acceptors (Lipinski definition) is 7. The van der Waals surface area contributed by atoms with Crippen LogP contribution in [-0.2, 0) is 19.1 Å². The van der Waals surface area contributed by atoms with Crippen molar-refractivity contribution in [3.05, 3.63) is 28.3 Å². The molecule has 1 aromatic heterocycles. The van der Waals surface area contributed by atoms with Gasteiger partial charge in [0, 0.05) is 22.9 Å². The van der Waals surface area contributed by atoms with Gasteiger partial charge in [0.15, 0.2) is 0 Å². The van der Waals surface area contributed by atoms with Gasteiger partial charge in [0.05, 0.1) is 25.5 Å². The van der Waals surface area contributed by atoms with Crippen LogP contribution in [0.15, 0.2) is 20.8 Å². The number of esters is 2. The molecule has 124 valence electrons. The normalized spacial score (nSPS) is 21.0. The zero-order chi connectivity index (χ0) is 17.3. The summed E-state index contributed by atoms with van der Waals surface area (Å²) >= 11 is 0. The highest BCUT2D eigenvalue weighted by Gasteiger charge is 2.44. The summed E-state index contributed by atoms with van der Waals surface area (Å²) in [6, 6.07) is 0. The molecule has 23 heavy (non-hydrogen) atoms. The van der Waals surface area contributed by atoms with Crippen LogP contribution < -0.4 is 0 Å². The molecule has 0 spiro atoms. The lowest BCUT2D eigenvalue weighted by atomic mass is 9.75. The first-order valence-corrected chi connectivity index (χ1v) is 7.18. The van der Waals surface area contributed by atoms with Crippen LogP contribution in [0, 0.1) is 19.8 Å². The third kappa shape index (κ3) is 2.78. The van der Waals surface area contributed by atoms with E-state index in [4.69, 9.17) is 14.0 Å². The predicted molar refractivity (Wildman–Crippen MR) is 82.0 cm³/mol. The molecular weight excluding hydrogens is 300 g/mol. The maximum Gasteiger partial charge on any atom is 0.336 e. The average molecular weight is 320 g/mol. The largest absolute Gasteiger partial charge is 0.468 e. The Bertz CT molecular complexity index is 695. The first-order chi connectivity index (χ1) is 10.8. The van der Waals surface area contributed by atoms with Crippen molar-refractivity contribution in [2.75, 3.05) is 14.2 Å². The number of ether oxygens (including phenoxy) is 2. The molecule has 0 aromatic carbocycles. The Morgan fingerprint density at radius 1 is 1.09 bits per heavy atom. The number of aliphatic imine (C=N–C) groups is 1. The fourth-order valence-corrected chi connectivity index (χ4v) is 3.09. The van der Waals surface area contributed by atoms with E-state index in [0.29, 0.717) is 34.0 Å². The fourth-order valence-electron chi connectivity index (χ4n) is 3.09. The lowest BCUT2D eigenvalue weighted by Crippen LogP contribution is -2.36. The highest BCUT2D eigenvalue weighted by atomic mass is 16.5. The number of allylic oxidation sites excluding steroid dienone is 1. The summed E-state index contributed by atoms with van der Waals surface area (Å²) in [6.45, 7) is 6.97. The van der Waals surface area contributed by atoms with Crippen LogP contribution in [-0.4, -0.2) is 37.0 Å². The highest BCUT2D eigenvalue weighted by Crippen LogP contribution is 2.42. The van der Waals surface area contributed by atoms with E-state index in [1.165, 1.54) is 14.2 Å². The van der Waals surface area contributed by atoms with Crippen molar-refractivity contribution in [3.63, 3.8) is 0 Å². The van der Waals surface area contributed by atoms with E-state index in [0.717, 1.165) is 0 Å². The molecule has 7 heteroatoms. The van der Waals surface area contributed by atoms with Gasteiger partial charge in [-0.2, -0.15) is 0 Å². The average Bonchev–Trinajstić information content (AvgIpc) is 2.84. The molecule has 0 amide bonds. The maximum absolute atomic E-state index is 12.3. The van der Waals surface area contributed by atoms with Gasteiger partial charge in [-0.3, -0.25) is 9.79 Å². The second kappa shape index (κ2) is 6.36. The highest BCUT2D eigenvalue weighted by molar-refractivity contribution is 6.07. The molecule has 1 aliphatic heterocycles. The lowest BCUT2D eigenvalue weighted by molar-refractivity contribution is -0.143. The van der Waals surface area contributed by atoms with Gasteiger partial charge < -0.3 is 14.0 Å². The van der Waals surface area contributed by atoms with Gasteiger partial charge in [-0.1, -0.05) is 5.16 Å². The summed E-state index contributed by atoms with van der Waals surface area (Å²) < 4.78 is 15.0. The van der Waals surface area contributed by atoms with Crippen LogP contribution in [0.5, 0.6) is 0 Å². The van der Waals surface area contributed by atoms with Gasteiger partial charge in [-0.25, -0.2) is 4.79 Å². The van der Waals surface area contributed by atoms with Crippen molar-refractivity contribution in [1.82, 2.24) is 5.16 Å². The topological polar surface area (TPSA) is 91.0 Å². The van der Waals surface area contributed by atoms with Crippen molar-refractivity contribution in [2.45, 2.75) is 33.6 Å². The number of carbonyl (C=O) groups excluding carboxylic acids is 2. The van der Waals surface area contributed by atoms with E-state index in [1.807, 2.05) is 0 Å². The predicted octanol–water partition coefficient (Wildman–Crippen LogP) is 2.09. The standard InChI is InChI=1S/C16H20N2O5/c1-7-12(15(19)21-5)14(11-9(3)18-23-10(11)4)13(8(2)17-7)16(20)22-6/h12,14H,1-6H3. The minimum absolute atomic E-state index is 0.322. The third-order valence-corrected chi connectivity index (χ3v) is 4.09. The van der Waals surface area contributed by atoms with Crippen LogP contribution in [0.25, 0.3) is 0 Å². The minimum Gasteiger partial charge on any atom is -0.468 e. The number of aromatic nitrogens is 1. The number of methoxy groups -OCH3 is 2. The fraction of sp³-hybridized carbons (Fsp3) is 0.500. The van der Waals surface area contributed by atoms with E-state index in [9.17, 15) is 9.59 Å². The van der Waals surface area contributed by atoms with E-state index < -0.39 is 23.8 Å². The van der Waals surface area contributed by atoms with Crippen molar-refractivity contribution in [1.29, 1.82) is 0 Å². The molecule has 0 bridgehead atoms. The summed E-state index contributed by atoms with van der Waals surface area (Å²) in [5.41, 5.74) is 2.72. The van der Waals surface area contributed by atoms with Gasteiger partial charge in [0.25, 0.3) is 0 Å². The Labute approximate surface area is 134 Å². The first kappa shape index (κ1) is 16.9. The van der Waals surface area contributed by atoms with Crippen LogP contribution in [0.1, 0.15) is 36.8 Å². The van der Waals surface area contributed by atoms with Crippen molar-refractivity contribution in [3.8, 4) is 0 Å². The molecule has 1 aliphatic rings. The molecule has 2 heterocycles. The molecule has 2 unspecified atom stereocenters. The molecule has 2 rings (SSSR count). The summed E-state index contributed by atoms with van der Waals surface area (Å²) in [4.78, 5) is 29.0. The monoisotopic (exact) mass is 320 g/mol. The Morgan fingerprint density at radius 3 is 2.22 bits per heavy atom. The number of hydrogen-bond donors (Lipinski definition) is 0. The zero-order valence-electron chi connectivity index (χ0n) is 14.1. The van der Waals surface area contributed by atoms with Crippen LogP contribution in [0.2, 0.25) is 0 Å². The summed E-state index contributed by atoms with van der Waals surface area (Å²) in [6.07, 6.45) is 0. The Morgan fingerprint density at radius 2 is 1.74 bits per heavy atom. The van der Waals surface area contributed by atoms with E-state index in [-0.39, 0.29) is 0 Å². The molecular formula is C16H20N2O5. The van der Waals surface area contributed by atoms with Gasteiger partial charge in [0.2, 0.25) is 0 Å². The Hall–Kier alpha value is -2.44. The van der Waals surface area contributed by atoms with Gasteiger partial charge in [-0.05, 0) is 27.7 Å². The molecule has 0 fully saturated rings. The number of rotatable bonds is 3. The van der Waals surface area contributed by atoms with Crippen molar-refractivity contribution in [2.24, 2.45) is 10.9 Å². The molecule has 0 N–H and O–H groups in total. The molecule has 0 saturated carbocycles. The maximum atomic E-state index is 12.3. The SMILES string of the molecule is COC(=O)C1=C(C)N=C(C)C(C(=O)OC)C1c1c(C)noc1C. The van der Waals surface area contributed by atoms with Gasteiger partial charge >= 0.3 is 11.9 Å². The molecule has 1 aromatic rings. The zero-order valence-corrected chi connectivity index (χ0v) is 14.1. The van der Waals surface area contributed by atoms with Gasteiger partial charge in [-0.15, -0.1) is 0 Å². The number of carbonyl (C=O) groups is 2. The number of aryl methyl sites for hydroxylation is 2. The minimum atomic E-state index is -0.727. The molecule has 0 aliphatic carbocycles. The van der Waals surface area contributed by atoms with Crippen LogP contribution >= 0.6 is 0 Å². The Balaban J connectivity index is 2.73. The summed E-state index contributed by atoms with van der Waals surface area (Å²) in [7, 11) is 2.61. The lowest BCUT2D eigenvalue weighted by Gasteiger charge is -2.30. The smallest absolute Gasteiger partial charge is 0.336 e. The third-order valence-electron chi connectivity index (χ3n) is 4.09. The summed E-state index contributed by atoms with van der Waals surface area (Å²) in [5, 5.41) is 3.94. The van der Waals surface area contributed by atoms with Crippen LogP contribution in [0.4, 0.5) is 0 Å². The molecule has 0 radical (unpaired) electrons. The summed E-state index contributed by atoms with van der Waals surface area (Å²) in [5.74, 6) is -1.78. The Kier molecular flexibility index (Phi) is 4.68. The van der Waals surface area contributed by atoms with Crippen molar-refractivity contribution < 1.29 is 23.6 Å². The van der Waals surface area contributed by atoms with Crippen LogP contribution in [0.3, 0.4) is 0 Å². The number of nitrogens with zero attached hydrogens (tertiary/aromatic N) is 2. The van der Waals surface area contributed by atoms with E-state index in [1.54, 1.807) is 27.7 Å². The van der Waals surface area contributed by atoms with E-state index in [2.05, 4.69) is 10.1 Å². The second-order valence-corrected chi connectivity index (χ2v) is 5.46. The first-order valence-electron chi connectivity index (χ1n) is 7.18. The second-order valence-electron chi connectivity index (χ2n) is 5.46.